The Morgan fingerprint density at radius 3 is 2.75 bits per heavy atom. The molecule has 1 aromatic heterocycles. The predicted molar refractivity (Wildman–Crippen MR) is 81.1 cm³/mol. The summed E-state index contributed by atoms with van der Waals surface area (Å²) in [5.74, 6) is 1.67. The van der Waals surface area contributed by atoms with Gasteiger partial charge in [0.2, 0.25) is 0 Å². The van der Waals surface area contributed by atoms with E-state index in [0.29, 0.717) is 6.61 Å². The third kappa shape index (κ3) is 3.42. The van der Waals surface area contributed by atoms with Crippen molar-refractivity contribution in [2.45, 2.75) is 26.5 Å². The van der Waals surface area contributed by atoms with Gasteiger partial charge in [0, 0.05) is 12.1 Å². The minimum absolute atomic E-state index is 0.0429. The first-order chi connectivity index (χ1) is 9.65. The van der Waals surface area contributed by atoms with Gasteiger partial charge in [-0.2, -0.15) is 0 Å². The minimum Gasteiger partial charge on any atom is -0.462 e. The van der Waals surface area contributed by atoms with Gasteiger partial charge in [0.25, 0.3) is 0 Å². The fraction of sp³-hybridized carbons (Fsp3) is 0.375. The van der Waals surface area contributed by atoms with Crippen molar-refractivity contribution in [2.24, 2.45) is 0 Å². The highest BCUT2D eigenvalue weighted by Crippen LogP contribution is 2.30. The van der Waals surface area contributed by atoms with E-state index in [1.165, 1.54) is 0 Å². The van der Waals surface area contributed by atoms with Crippen LogP contribution in [0.25, 0.3) is 0 Å². The van der Waals surface area contributed by atoms with Crippen molar-refractivity contribution in [2.75, 3.05) is 13.7 Å². The highest BCUT2D eigenvalue weighted by molar-refractivity contribution is 6.31. The standard InChI is InChI=1S/C16H20ClNO2/c1-4-18-16(13-7-5-11(2)9-14(13)17)15-8-6-12(20-15)10-19-3/h5-9,16,18H,4,10H2,1-3H3. The van der Waals surface area contributed by atoms with Gasteiger partial charge < -0.3 is 14.5 Å². The Morgan fingerprint density at radius 2 is 2.10 bits per heavy atom. The molecule has 0 radical (unpaired) electrons. The average Bonchev–Trinajstić information content (AvgIpc) is 2.86. The van der Waals surface area contributed by atoms with Crippen LogP contribution in [0.1, 0.15) is 35.6 Å². The summed E-state index contributed by atoms with van der Waals surface area (Å²) >= 11 is 6.37. The van der Waals surface area contributed by atoms with Gasteiger partial charge in [-0.25, -0.2) is 0 Å². The molecule has 1 unspecified atom stereocenters. The van der Waals surface area contributed by atoms with Gasteiger partial charge in [-0.05, 0) is 42.8 Å². The number of hydrogen-bond donors (Lipinski definition) is 1. The molecule has 1 heterocycles. The summed E-state index contributed by atoms with van der Waals surface area (Å²) in [6.45, 7) is 5.39. The lowest BCUT2D eigenvalue weighted by Crippen LogP contribution is -2.21. The summed E-state index contributed by atoms with van der Waals surface area (Å²) in [6, 6.07) is 9.94. The number of rotatable bonds is 6. The normalized spacial score (nSPS) is 12.6. The fourth-order valence-electron chi connectivity index (χ4n) is 2.20. The maximum atomic E-state index is 6.37. The Hall–Kier alpha value is -1.29. The quantitative estimate of drug-likeness (QED) is 0.871. The van der Waals surface area contributed by atoms with Crippen molar-refractivity contribution < 1.29 is 9.15 Å². The second-order valence-electron chi connectivity index (χ2n) is 4.75. The van der Waals surface area contributed by atoms with Crippen LogP contribution >= 0.6 is 11.6 Å². The molecular weight excluding hydrogens is 274 g/mol. The number of hydrogen-bond acceptors (Lipinski definition) is 3. The third-order valence-electron chi connectivity index (χ3n) is 3.13. The Labute approximate surface area is 124 Å². The Bertz CT molecular complexity index is 565. The molecule has 4 heteroatoms. The van der Waals surface area contributed by atoms with E-state index in [0.717, 1.165) is 34.2 Å². The van der Waals surface area contributed by atoms with Crippen LogP contribution in [0.4, 0.5) is 0 Å². The molecule has 2 rings (SSSR count). The smallest absolute Gasteiger partial charge is 0.129 e. The van der Waals surface area contributed by atoms with Crippen molar-refractivity contribution >= 4 is 11.6 Å². The zero-order valence-electron chi connectivity index (χ0n) is 12.1. The van der Waals surface area contributed by atoms with E-state index in [1.807, 2.05) is 31.2 Å². The number of benzene rings is 1. The van der Waals surface area contributed by atoms with Crippen LogP contribution in [-0.2, 0) is 11.3 Å². The summed E-state index contributed by atoms with van der Waals surface area (Å²) in [5.41, 5.74) is 2.17. The molecule has 0 amide bonds. The average molecular weight is 294 g/mol. The molecule has 0 aliphatic heterocycles. The molecule has 0 aliphatic carbocycles. The Balaban J connectivity index is 2.34. The van der Waals surface area contributed by atoms with E-state index in [2.05, 4.69) is 18.3 Å². The van der Waals surface area contributed by atoms with Crippen molar-refractivity contribution in [3.8, 4) is 0 Å². The monoisotopic (exact) mass is 293 g/mol. The van der Waals surface area contributed by atoms with E-state index in [9.17, 15) is 0 Å². The SMILES string of the molecule is CCNC(c1ccc(COC)o1)c1ccc(C)cc1Cl. The van der Waals surface area contributed by atoms with Crippen molar-refractivity contribution in [1.82, 2.24) is 5.32 Å². The molecule has 108 valence electrons. The first-order valence-corrected chi connectivity index (χ1v) is 7.10. The molecule has 20 heavy (non-hydrogen) atoms. The highest BCUT2D eigenvalue weighted by Gasteiger charge is 2.19. The van der Waals surface area contributed by atoms with E-state index in [-0.39, 0.29) is 6.04 Å². The van der Waals surface area contributed by atoms with Crippen LogP contribution in [0.5, 0.6) is 0 Å². The van der Waals surface area contributed by atoms with E-state index < -0.39 is 0 Å². The molecule has 1 aromatic carbocycles. The zero-order chi connectivity index (χ0) is 14.5. The zero-order valence-corrected chi connectivity index (χ0v) is 12.8. The van der Waals surface area contributed by atoms with Crippen LogP contribution < -0.4 is 5.32 Å². The van der Waals surface area contributed by atoms with E-state index in [1.54, 1.807) is 7.11 Å². The van der Waals surface area contributed by atoms with Crippen molar-refractivity contribution in [1.29, 1.82) is 0 Å². The summed E-state index contributed by atoms with van der Waals surface area (Å²) in [7, 11) is 1.65. The van der Waals surface area contributed by atoms with Crippen LogP contribution in [0, 0.1) is 6.92 Å². The first-order valence-electron chi connectivity index (χ1n) is 6.72. The maximum absolute atomic E-state index is 6.37. The molecular formula is C16H20ClNO2. The number of methoxy groups -OCH3 is 1. The first kappa shape index (κ1) is 15.1. The summed E-state index contributed by atoms with van der Waals surface area (Å²) in [4.78, 5) is 0. The van der Waals surface area contributed by atoms with Gasteiger partial charge in [-0.15, -0.1) is 0 Å². The second kappa shape index (κ2) is 6.93. The van der Waals surface area contributed by atoms with E-state index >= 15 is 0 Å². The van der Waals surface area contributed by atoms with Gasteiger partial charge in [0.1, 0.15) is 18.1 Å². The van der Waals surface area contributed by atoms with Gasteiger partial charge in [0.05, 0.1) is 6.04 Å². The highest BCUT2D eigenvalue weighted by atomic mass is 35.5. The molecule has 0 saturated carbocycles. The number of furan rings is 1. The van der Waals surface area contributed by atoms with Gasteiger partial charge >= 0.3 is 0 Å². The number of ether oxygens (including phenoxy) is 1. The van der Waals surface area contributed by atoms with Crippen LogP contribution in [-0.4, -0.2) is 13.7 Å². The Morgan fingerprint density at radius 1 is 1.30 bits per heavy atom. The summed E-state index contributed by atoms with van der Waals surface area (Å²) < 4.78 is 10.9. The number of nitrogens with one attached hydrogen (secondary N) is 1. The van der Waals surface area contributed by atoms with Gasteiger partial charge in [0.15, 0.2) is 0 Å². The molecule has 0 fully saturated rings. The second-order valence-corrected chi connectivity index (χ2v) is 5.16. The lowest BCUT2D eigenvalue weighted by molar-refractivity contribution is 0.162. The lowest BCUT2D eigenvalue weighted by Gasteiger charge is -2.18. The van der Waals surface area contributed by atoms with E-state index in [4.69, 9.17) is 20.8 Å². The molecule has 2 aromatic rings. The molecule has 0 bridgehead atoms. The van der Waals surface area contributed by atoms with Crippen LogP contribution in [0.2, 0.25) is 5.02 Å². The molecule has 1 atom stereocenters. The van der Waals surface area contributed by atoms with Crippen molar-refractivity contribution in [3.63, 3.8) is 0 Å². The van der Waals surface area contributed by atoms with Gasteiger partial charge in [-0.1, -0.05) is 30.7 Å². The fourth-order valence-corrected chi connectivity index (χ4v) is 2.55. The summed E-state index contributed by atoms with van der Waals surface area (Å²) in [5, 5.41) is 4.16. The number of halogens is 1. The Kier molecular flexibility index (Phi) is 5.24. The topological polar surface area (TPSA) is 34.4 Å². The van der Waals surface area contributed by atoms with Gasteiger partial charge in [-0.3, -0.25) is 0 Å². The predicted octanol–water partition coefficient (Wildman–Crippen LogP) is 4.09. The maximum Gasteiger partial charge on any atom is 0.129 e. The van der Waals surface area contributed by atoms with Crippen molar-refractivity contribution in [3.05, 3.63) is 58.0 Å². The van der Waals surface area contributed by atoms with Crippen LogP contribution in [0.15, 0.2) is 34.7 Å². The minimum atomic E-state index is -0.0429. The number of aryl methyl sites for hydroxylation is 1. The molecule has 0 saturated heterocycles. The largest absolute Gasteiger partial charge is 0.462 e. The molecule has 3 nitrogen and oxygen atoms in total. The molecule has 0 spiro atoms. The summed E-state index contributed by atoms with van der Waals surface area (Å²) in [6.07, 6.45) is 0. The third-order valence-corrected chi connectivity index (χ3v) is 3.46. The lowest BCUT2D eigenvalue weighted by atomic mass is 10.0. The molecule has 1 N–H and O–H groups in total. The molecule has 0 aliphatic rings. The van der Waals surface area contributed by atoms with Crippen LogP contribution in [0.3, 0.4) is 0 Å².